The summed E-state index contributed by atoms with van der Waals surface area (Å²) in [6.07, 6.45) is 1.75. The highest BCUT2D eigenvalue weighted by Crippen LogP contribution is 2.46. The van der Waals surface area contributed by atoms with Gasteiger partial charge in [0.15, 0.2) is 0 Å². The van der Waals surface area contributed by atoms with Crippen LogP contribution in [-0.4, -0.2) is 10.9 Å². The molecule has 4 aromatic rings. The SMILES string of the molecule is O=C(N=P(c1ccccc1)(c1ccccc1)c1ccccc1)c1ccc[nH]1. The third kappa shape index (κ3) is 3.30. The predicted octanol–water partition coefficient (Wildman–Crippen LogP) is 4.33. The number of aromatic amines is 1. The summed E-state index contributed by atoms with van der Waals surface area (Å²) in [5.74, 6) is -0.232. The smallest absolute Gasteiger partial charge is 0.292 e. The molecule has 0 aliphatic rings. The van der Waals surface area contributed by atoms with E-state index in [9.17, 15) is 4.79 Å². The van der Waals surface area contributed by atoms with Crippen LogP contribution < -0.4 is 15.9 Å². The van der Waals surface area contributed by atoms with Gasteiger partial charge in [-0.05, 0) is 12.1 Å². The van der Waals surface area contributed by atoms with E-state index in [1.54, 1.807) is 12.3 Å². The number of amides is 1. The lowest BCUT2D eigenvalue weighted by Gasteiger charge is -2.26. The molecule has 0 bridgehead atoms. The molecule has 1 N–H and O–H groups in total. The van der Waals surface area contributed by atoms with E-state index < -0.39 is 7.05 Å². The lowest BCUT2D eigenvalue weighted by molar-refractivity contribution is 0.100. The Hall–Kier alpha value is -3.16. The first-order valence-corrected chi connectivity index (χ1v) is 10.5. The van der Waals surface area contributed by atoms with Crippen molar-refractivity contribution in [3.05, 3.63) is 115 Å². The van der Waals surface area contributed by atoms with Gasteiger partial charge in [-0.1, -0.05) is 91.0 Å². The van der Waals surface area contributed by atoms with Crippen molar-refractivity contribution >= 4 is 28.9 Å². The van der Waals surface area contributed by atoms with Crippen LogP contribution in [0.15, 0.2) is 114 Å². The lowest BCUT2D eigenvalue weighted by Crippen LogP contribution is -2.26. The number of aromatic nitrogens is 1. The van der Waals surface area contributed by atoms with E-state index in [-0.39, 0.29) is 5.91 Å². The first-order valence-electron chi connectivity index (χ1n) is 8.77. The van der Waals surface area contributed by atoms with E-state index in [1.807, 2.05) is 60.7 Å². The van der Waals surface area contributed by atoms with Gasteiger partial charge in [-0.15, -0.1) is 0 Å². The van der Waals surface area contributed by atoms with Gasteiger partial charge in [0.25, 0.3) is 5.91 Å². The molecule has 27 heavy (non-hydrogen) atoms. The van der Waals surface area contributed by atoms with Crippen LogP contribution in [0.3, 0.4) is 0 Å². The minimum Gasteiger partial charge on any atom is -0.357 e. The van der Waals surface area contributed by atoms with Crippen molar-refractivity contribution in [3.63, 3.8) is 0 Å². The predicted molar refractivity (Wildman–Crippen MR) is 113 cm³/mol. The summed E-state index contributed by atoms with van der Waals surface area (Å²) in [5.41, 5.74) is 0.502. The highest BCUT2D eigenvalue weighted by molar-refractivity contribution is 7.87. The summed E-state index contributed by atoms with van der Waals surface area (Å²) in [7, 11) is -2.49. The number of benzene rings is 3. The fourth-order valence-electron chi connectivity index (χ4n) is 3.21. The van der Waals surface area contributed by atoms with E-state index in [2.05, 4.69) is 41.4 Å². The summed E-state index contributed by atoms with van der Waals surface area (Å²) in [5, 5.41) is 3.17. The molecule has 0 unspecified atom stereocenters. The van der Waals surface area contributed by atoms with Crippen molar-refractivity contribution in [1.82, 2.24) is 4.98 Å². The number of nitrogens with one attached hydrogen (secondary N) is 1. The Labute approximate surface area is 158 Å². The van der Waals surface area contributed by atoms with Gasteiger partial charge in [-0.3, -0.25) is 4.79 Å². The Morgan fingerprint density at radius 2 is 1.07 bits per heavy atom. The number of hydrogen-bond acceptors (Lipinski definition) is 1. The fourth-order valence-corrected chi connectivity index (χ4v) is 6.64. The molecule has 0 fully saturated rings. The number of H-pyrrole nitrogens is 1. The Balaban J connectivity index is 2.08. The molecule has 0 radical (unpaired) electrons. The zero-order valence-electron chi connectivity index (χ0n) is 14.7. The normalized spacial score (nSPS) is 11.1. The number of rotatable bonds is 4. The molecule has 1 aromatic heterocycles. The zero-order valence-corrected chi connectivity index (χ0v) is 15.6. The third-order valence-electron chi connectivity index (χ3n) is 4.46. The molecule has 0 saturated carbocycles. The molecule has 132 valence electrons. The highest BCUT2D eigenvalue weighted by Gasteiger charge is 2.28. The molecule has 0 atom stereocenters. The van der Waals surface area contributed by atoms with E-state index in [1.165, 1.54) is 0 Å². The van der Waals surface area contributed by atoms with E-state index in [0.717, 1.165) is 15.9 Å². The second kappa shape index (κ2) is 7.61. The van der Waals surface area contributed by atoms with Gasteiger partial charge in [0.1, 0.15) is 5.69 Å². The van der Waals surface area contributed by atoms with Crippen molar-refractivity contribution in [1.29, 1.82) is 0 Å². The molecule has 0 saturated heterocycles. The molecule has 3 aromatic carbocycles. The second-order valence-electron chi connectivity index (χ2n) is 6.13. The minimum absolute atomic E-state index is 0.232. The van der Waals surface area contributed by atoms with Gasteiger partial charge < -0.3 is 4.98 Å². The third-order valence-corrected chi connectivity index (χ3v) is 8.08. The van der Waals surface area contributed by atoms with Crippen LogP contribution in [0.2, 0.25) is 0 Å². The molecule has 1 heterocycles. The highest BCUT2D eigenvalue weighted by atomic mass is 31.2. The van der Waals surface area contributed by atoms with Gasteiger partial charge in [0, 0.05) is 22.1 Å². The van der Waals surface area contributed by atoms with Crippen LogP contribution in [0.1, 0.15) is 10.5 Å². The van der Waals surface area contributed by atoms with Crippen molar-refractivity contribution < 1.29 is 4.79 Å². The average Bonchev–Trinajstić information content (AvgIpc) is 3.29. The number of carbonyl (C=O) groups is 1. The molecule has 0 aliphatic heterocycles. The molecule has 0 aliphatic carbocycles. The summed E-state index contributed by atoms with van der Waals surface area (Å²) < 4.78 is 4.90. The van der Waals surface area contributed by atoms with Crippen LogP contribution in [0, 0.1) is 0 Å². The molecule has 0 spiro atoms. The summed E-state index contributed by atoms with van der Waals surface area (Å²) in [4.78, 5) is 16.1. The summed E-state index contributed by atoms with van der Waals surface area (Å²) >= 11 is 0. The standard InChI is InChI=1S/C23H19N2OP/c26-23(22-17-10-18-24-22)25-27(19-11-4-1-5-12-19,20-13-6-2-7-14-20)21-15-8-3-9-16-21/h1-18,24H. The Morgan fingerprint density at radius 3 is 1.44 bits per heavy atom. The maximum atomic E-state index is 13.1. The van der Waals surface area contributed by atoms with Crippen molar-refractivity contribution in [2.24, 2.45) is 4.74 Å². The van der Waals surface area contributed by atoms with Crippen molar-refractivity contribution in [2.75, 3.05) is 0 Å². The Kier molecular flexibility index (Phi) is 4.86. The van der Waals surface area contributed by atoms with Gasteiger partial charge >= 0.3 is 0 Å². The molecule has 4 heteroatoms. The maximum Gasteiger partial charge on any atom is 0.292 e. The van der Waals surface area contributed by atoms with Crippen LogP contribution in [0.5, 0.6) is 0 Å². The second-order valence-corrected chi connectivity index (χ2v) is 9.15. The average molecular weight is 370 g/mol. The quantitative estimate of drug-likeness (QED) is 0.534. The summed E-state index contributed by atoms with van der Waals surface area (Å²) in [6, 6.07) is 34.0. The van der Waals surface area contributed by atoms with Crippen LogP contribution in [-0.2, 0) is 0 Å². The van der Waals surface area contributed by atoms with Gasteiger partial charge in [0.05, 0.1) is 7.05 Å². The number of nitrogens with zero attached hydrogens (tertiary/aromatic N) is 1. The van der Waals surface area contributed by atoms with E-state index in [4.69, 9.17) is 4.74 Å². The largest absolute Gasteiger partial charge is 0.357 e. The molecular weight excluding hydrogens is 351 g/mol. The first kappa shape index (κ1) is 17.3. The Bertz CT molecular complexity index is 970. The number of carbonyl (C=O) groups excluding carboxylic acids is 1. The van der Waals surface area contributed by atoms with Crippen LogP contribution in [0.25, 0.3) is 0 Å². The van der Waals surface area contributed by atoms with E-state index in [0.29, 0.717) is 5.69 Å². The van der Waals surface area contributed by atoms with Gasteiger partial charge in [-0.2, -0.15) is 0 Å². The molecule has 1 amide bonds. The zero-order chi connectivity index (χ0) is 18.5. The lowest BCUT2D eigenvalue weighted by atomic mass is 10.4. The molecule has 4 rings (SSSR count). The van der Waals surface area contributed by atoms with Crippen LogP contribution in [0.4, 0.5) is 0 Å². The van der Waals surface area contributed by atoms with Gasteiger partial charge in [-0.25, -0.2) is 4.74 Å². The Morgan fingerprint density at radius 1 is 0.630 bits per heavy atom. The monoisotopic (exact) mass is 370 g/mol. The summed E-state index contributed by atoms with van der Waals surface area (Å²) in [6.45, 7) is 0. The van der Waals surface area contributed by atoms with Gasteiger partial charge in [0.2, 0.25) is 0 Å². The fraction of sp³-hybridized carbons (Fsp3) is 0. The van der Waals surface area contributed by atoms with E-state index >= 15 is 0 Å². The maximum absolute atomic E-state index is 13.1. The first-order chi connectivity index (χ1) is 13.3. The topological polar surface area (TPSA) is 45.2 Å². The van der Waals surface area contributed by atoms with Crippen molar-refractivity contribution in [2.45, 2.75) is 0 Å². The molecular formula is C23H19N2OP. The van der Waals surface area contributed by atoms with Crippen molar-refractivity contribution in [3.8, 4) is 0 Å². The van der Waals surface area contributed by atoms with Crippen LogP contribution >= 0.6 is 7.05 Å². The molecule has 3 nitrogen and oxygen atoms in total. The minimum atomic E-state index is -2.49. The number of hydrogen-bond donors (Lipinski definition) is 1.